The maximum atomic E-state index is 5.40. The fraction of sp³-hybridized carbons (Fsp3) is 0.111. The van der Waals surface area contributed by atoms with Crippen LogP contribution in [0.1, 0.15) is 5.69 Å². The summed E-state index contributed by atoms with van der Waals surface area (Å²) in [6, 6.07) is 9.34. The van der Waals surface area contributed by atoms with E-state index in [2.05, 4.69) is 25.3 Å². The highest BCUT2D eigenvalue weighted by Gasteiger charge is 2.15. The van der Waals surface area contributed by atoms with Gasteiger partial charge in [0.05, 0.1) is 17.1 Å². The van der Waals surface area contributed by atoms with Gasteiger partial charge in [0.1, 0.15) is 0 Å². The van der Waals surface area contributed by atoms with Gasteiger partial charge in [0.2, 0.25) is 18.5 Å². The summed E-state index contributed by atoms with van der Waals surface area (Å²) in [6.45, 7) is 2.18. The molecule has 128 valence electrons. The minimum atomic E-state index is 0.242. The van der Waals surface area contributed by atoms with Gasteiger partial charge in [-0.25, -0.2) is 19.9 Å². The van der Waals surface area contributed by atoms with Crippen LogP contribution in [0.2, 0.25) is 0 Å². The molecule has 5 rings (SSSR count). The van der Waals surface area contributed by atoms with E-state index in [1.54, 1.807) is 12.4 Å². The van der Waals surface area contributed by atoms with Gasteiger partial charge >= 0.3 is 0 Å². The number of hydrogen-bond donors (Lipinski definition) is 1. The predicted octanol–water partition coefficient (Wildman–Crippen LogP) is 2.97. The van der Waals surface area contributed by atoms with Crippen LogP contribution in [0.5, 0.6) is 11.5 Å². The minimum Gasteiger partial charge on any atom is -0.454 e. The standard InChI is InChI=1S/C18H14N6O2/c1-11-16(24-8-2-6-20-18(24)21-11)13-5-7-19-17(23-13)22-12-3-4-14-15(9-12)26-10-25-14/h2-9H,10H2,1H3,(H,19,22,23). The van der Waals surface area contributed by atoms with Gasteiger partial charge in [-0.15, -0.1) is 0 Å². The van der Waals surface area contributed by atoms with E-state index in [4.69, 9.17) is 9.47 Å². The van der Waals surface area contributed by atoms with Gasteiger partial charge in [-0.05, 0) is 31.2 Å². The van der Waals surface area contributed by atoms with Crippen molar-refractivity contribution in [1.29, 1.82) is 0 Å². The molecular weight excluding hydrogens is 332 g/mol. The van der Waals surface area contributed by atoms with E-state index in [0.717, 1.165) is 28.5 Å². The molecule has 1 aliphatic rings. The lowest BCUT2D eigenvalue weighted by molar-refractivity contribution is 0.174. The van der Waals surface area contributed by atoms with Crippen LogP contribution in [0.25, 0.3) is 17.2 Å². The summed E-state index contributed by atoms with van der Waals surface area (Å²) in [5.41, 5.74) is 3.34. The molecule has 0 unspecified atom stereocenters. The average Bonchev–Trinajstić information content (AvgIpc) is 3.24. The summed E-state index contributed by atoms with van der Waals surface area (Å²) in [4.78, 5) is 17.7. The number of fused-ring (bicyclic) bond motifs is 2. The number of aromatic nitrogens is 5. The SMILES string of the molecule is Cc1nc2ncccn2c1-c1ccnc(Nc2ccc3c(c2)OCO3)n1. The maximum absolute atomic E-state index is 5.40. The highest BCUT2D eigenvalue weighted by molar-refractivity contribution is 5.65. The van der Waals surface area contributed by atoms with E-state index in [1.807, 2.05) is 47.9 Å². The van der Waals surface area contributed by atoms with E-state index in [-0.39, 0.29) is 6.79 Å². The van der Waals surface area contributed by atoms with Crippen molar-refractivity contribution in [2.24, 2.45) is 0 Å². The Bertz CT molecular complexity index is 1120. The Kier molecular flexibility index (Phi) is 3.21. The third-order valence-corrected chi connectivity index (χ3v) is 4.10. The summed E-state index contributed by atoms with van der Waals surface area (Å²) in [6.07, 6.45) is 5.36. The van der Waals surface area contributed by atoms with Gasteiger partial charge in [0.15, 0.2) is 11.5 Å². The summed E-state index contributed by atoms with van der Waals surface area (Å²) in [7, 11) is 0. The van der Waals surface area contributed by atoms with E-state index in [0.29, 0.717) is 17.5 Å². The molecule has 0 aliphatic carbocycles. The molecule has 8 heteroatoms. The number of imidazole rings is 1. The second-order valence-electron chi connectivity index (χ2n) is 5.79. The Balaban J connectivity index is 1.52. The first-order valence-electron chi connectivity index (χ1n) is 8.08. The van der Waals surface area contributed by atoms with Crippen LogP contribution in [-0.2, 0) is 0 Å². The molecule has 0 radical (unpaired) electrons. The summed E-state index contributed by atoms with van der Waals surface area (Å²) in [5, 5.41) is 3.20. The molecule has 3 aromatic heterocycles. The summed E-state index contributed by atoms with van der Waals surface area (Å²) in [5.74, 6) is 2.57. The van der Waals surface area contributed by atoms with Crippen LogP contribution in [0, 0.1) is 6.92 Å². The van der Waals surface area contributed by atoms with E-state index in [9.17, 15) is 0 Å². The summed E-state index contributed by atoms with van der Waals surface area (Å²) < 4.78 is 12.6. The van der Waals surface area contributed by atoms with Crippen molar-refractivity contribution in [1.82, 2.24) is 24.3 Å². The largest absolute Gasteiger partial charge is 0.454 e. The van der Waals surface area contributed by atoms with Gasteiger partial charge in [-0.1, -0.05) is 0 Å². The Morgan fingerprint density at radius 2 is 1.96 bits per heavy atom. The monoisotopic (exact) mass is 346 g/mol. The van der Waals surface area contributed by atoms with Gasteiger partial charge in [0, 0.05) is 30.3 Å². The zero-order chi connectivity index (χ0) is 17.5. The van der Waals surface area contributed by atoms with Crippen molar-refractivity contribution in [3.05, 3.63) is 54.6 Å². The lowest BCUT2D eigenvalue weighted by atomic mass is 10.2. The third kappa shape index (κ3) is 2.39. The van der Waals surface area contributed by atoms with Crippen molar-refractivity contribution >= 4 is 17.4 Å². The topological polar surface area (TPSA) is 86.5 Å². The smallest absolute Gasteiger partial charge is 0.234 e. The van der Waals surface area contributed by atoms with Crippen LogP contribution in [0.3, 0.4) is 0 Å². The van der Waals surface area contributed by atoms with Crippen molar-refractivity contribution in [2.45, 2.75) is 6.92 Å². The van der Waals surface area contributed by atoms with Crippen molar-refractivity contribution in [3.8, 4) is 22.9 Å². The zero-order valence-corrected chi connectivity index (χ0v) is 13.9. The fourth-order valence-electron chi connectivity index (χ4n) is 2.96. The molecule has 0 spiro atoms. The zero-order valence-electron chi connectivity index (χ0n) is 13.9. The first-order valence-corrected chi connectivity index (χ1v) is 8.08. The molecule has 4 heterocycles. The van der Waals surface area contributed by atoms with Crippen LogP contribution in [0.4, 0.5) is 11.6 Å². The van der Waals surface area contributed by atoms with Gasteiger partial charge < -0.3 is 14.8 Å². The van der Waals surface area contributed by atoms with Crippen molar-refractivity contribution < 1.29 is 9.47 Å². The van der Waals surface area contributed by atoms with E-state index in [1.165, 1.54) is 0 Å². The van der Waals surface area contributed by atoms with Gasteiger partial charge in [-0.2, -0.15) is 0 Å². The predicted molar refractivity (Wildman–Crippen MR) is 94.6 cm³/mol. The molecule has 0 amide bonds. The molecule has 0 fully saturated rings. The Labute approximate surface area is 148 Å². The quantitative estimate of drug-likeness (QED) is 0.610. The highest BCUT2D eigenvalue weighted by atomic mass is 16.7. The molecule has 26 heavy (non-hydrogen) atoms. The average molecular weight is 346 g/mol. The van der Waals surface area contributed by atoms with Crippen LogP contribution >= 0.6 is 0 Å². The van der Waals surface area contributed by atoms with E-state index >= 15 is 0 Å². The van der Waals surface area contributed by atoms with Crippen molar-refractivity contribution in [3.63, 3.8) is 0 Å². The highest BCUT2D eigenvalue weighted by Crippen LogP contribution is 2.35. The maximum Gasteiger partial charge on any atom is 0.234 e. The first-order chi connectivity index (χ1) is 12.8. The number of ether oxygens (including phenoxy) is 2. The number of benzene rings is 1. The number of aryl methyl sites for hydroxylation is 1. The second-order valence-corrected chi connectivity index (χ2v) is 5.79. The molecule has 1 aromatic carbocycles. The molecule has 0 saturated carbocycles. The number of nitrogens with zero attached hydrogens (tertiary/aromatic N) is 5. The lowest BCUT2D eigenvalue weighted by Gasteiger charge is -2.08. The Morgan fingerprint density at radius 3 is 2.92 bits per heavy atom. The molecule has 4 aromatic rings. The molecule has 0 bridgehead atoms. The lowest BCUT2D eigenvalue weighted by Crippen LogP contribution is -1.99. The Hall–Kier alpha value is -3.68. The number of nitrogens with one attached hydrogen (secondary N) is 1. The molecule has 1 aliphatic heterocycles. The Morgan fingerprint density at radius 1 is 1.04 bits per heavy atom. The van der Waals surface area contributed by atoms with Crippen molar-refractivity contribution in [2.75, 3.05) is 12.1 Å². The molecule has 1 N–H and O–H groups in total. The van der Waals surface area contributed by atoms with Gasteiger partial charge in [0.25, 0.3) is 0 Å². The number of rotatable bonds is 3. The van der Waals surface area contributed by atoms with E-state index < -0.39 is 0 Å². The van der Waals surface area contributed by atoms with Crippen LogP contribution < -0.4 is 14.8 Å². The molecule has 8 nitrogen and oxygen atoms in total. The molecule has 0 saturated heterocycles. The first kappa shape index (κ1) is 14.6. The fourth-order valence-corrected chi connectivity index (χ4v) is 2.96. The van der Waals surface area contributed by atoms with Crippen LogP contribution in [-0.4, -0.2) is 31.1 Å². The summed E-state index contributed by atoms with van der Waals surface area (Å²) >= 11 is 0. The minimum absolute atomic E-state index is 0.242. The van der Waals surface area contributed by atoms with Gasteiger partial charge in [-0.3, -0.25) is 4.40 Å². The third-order valence-electron chi connectivity index (χ3n) is 4.10. The number of anilines is 2. The molecular formula is C18H14N6O2. The second kappa shape index (κ2) is 5.69. The van der Waals surface area contributed by atoms with Crippen LogP contribution in [0.15, 0.2) is 48.9 Å². The molecule has 0 atom stereocenters. The number of hydrogen-bond acceptors (Lipinski definition) is 7. The normalized spacial score (nSPS) is 12.5.